The van der Waals surface area contributed by atoms with Gasteiger partial charge in [0.2, 0.25) is 0 Å². The van der Waals surface area contributed by atoms with Gasteiger partial charge in [0.05, 0.1) is 13.4 Å². The van der Waals surface area contributed by atoms with Crippen LogP contribution in [0.5, 0.6) is 5.75 Å². The topological polar surface area (TPSA) is 48.4 Å². The zero-order valence-corrected chi connectivity index (χ0v) is 11.4. The summed E-state index contributed by atoms with van der Waals surface area (Å²) in [6.07, 6.45) is 7.93. The molecule has 0 aliphatic heterocycles. The van der Waals surface area contributed by atoms with Crippen LogP contribution in [-0.4, -0.2) is 13.7 Å². The van der Waals surface area contributed by atoms with Crippen molar-refractivity contribution in [2.24, 2.45) is 5.73 Å². The van der Waals surface area contributed by atoms with Gasteiger partial charge in [-0.25, -0.2) is 0 Å². The van der Waals surface area contributed by atoms with Crippen LogP contribution in [0.3, 0.4) is 0 Å². The predicted octanol–water partition coefficient (Wildman–Crippen LogP) is 3.60. The van der Waals surface area contributed by atoms with Gasteiger partial charge < -0.3 is 14.9 Å². The van der Waals surface area contributed by atoms with E-state index in [1.807, 2.05) is 6.07 Å². The molecule has 0 bridgehead atoms. The molecule has 1 aliphatic carbocycles. The van der Waals surface area contributed by atoms with E-state index in [4.69, 9.17) is 14.9 Å². The molecule has 1 fully saturated rings. The summed E-state index contributed by atoms with van der Waals surface area (Å²) in [6.45, 7) is 0.708. The standard InChI is InChI=1S/C16H21NO2/c1-18-14-10-13(9-12-5-8-19-15(12)14)16(11-17)6-3-2-4-7-16/h5,8-10H,2-4,6-7,11,17H2,1H3. The number of ether oxygens (including phenoxy) is 1. The summed E-state index contributed by atoms with van der Waals surface area (Å²) in [5, 5.41) is 1.10. The maximum atomic E-state index is 6.12. The molecule has 3 rings (SSSR count). The van der Waals surface area contributed by atoms with E-state index in [1.165, 1.54) is 37.7 Å². The quantitative estimate of drug-likeness (QED) is 0.916. The van der Waals surface area contributed by atoms with E-state index < -0.39 is 0 Å². The minimum Gasteiger partial charge on any atom is -0.493 e. The van der Waals surface area contributed by atoms with Gasteiger partial charge in [0.25, 0.3) is 0 Å². The fourth-order valence-electron chi connectivity index (χ4n) is 3.35. The second-order valence-corrected chi connectivity index (χ2v) is 5.56. The molecule has 1 aromatic heterocycles. The average molecular weight is 259 g/mol. The van der Waals surface area contributed by atoms with Gasteiger partial charge in [-0.3, -0.25) is 0 Å². The Morgan fingerprint density at radius 1 is 1.26 bits per heavy atom. The van der Waals surface area contributed by atoms with E-state index in [1.54, 1.807) is 13.4 Å². The first-order valence-corrected chi connectivity index (χ1v) is 7.05. The third-order valence-electron chi connectivity index (χ3n) is 4.55. The molecule has 0 atom stereocenters. The van der Waals surface area contributed by atoms with E-state index in [2.05, 4.69) is 12.1 Å². The normalized spacial score (nSPS) is 18.6. The Kier molecular flexibility index (Phi) is 3.23. The molecule has 1 aliphatic rings. The fraction of sp³-hybridized carbons (Fsp3) is 0.500. The molecular weight excluding hydrogens is 238 g/mol. The first-order valence-electron chi connectivity index (χ1n) is 7.05. The number of hydrogen-bond donors (Lipinski definition) is 1. The van der Waals surface area contributed by atoms with Crippen LogP contribution in [0.15, 0.2) is 28.9 Å². The van der Waals surface area contributed by atoms with Crippen molar-refractivity contribution in [3.8, 4) is 5.75 Å². The van der Waals surface area contributed by atoms with Gasteiger partial charge in [0, 0.05) is 17.3 Å². The Labute approximate surface area is 113 Å². The monoisotopic (exact) mass is 259 g/mol. The van der Waals surface area contributed by atoms with Crippen LogP contribution in [0.4, 0.5) is 0 Å². The molecule has 2 N–H and O–H groups in total. The number of benzene rings is 1. The van der Waals surface area contributed by atoms with E-state index in [0.717, 1.165) is 16.7 Å². The van der Waals surface area contributed by atoms with Gasteiger partial charge in [-0.15, -0.1) is 0 Å². The van der Waals surface area contributed by atoms with Crippen molar-refractivity contribution in [1.29, 1.82) is 0 Å². The van der Waals surface area contributed by atoms with Crippen LogP contribution in [0.2, 0.25) is 0 Å². The molecule has 2 aromatic rings. The number of rotatable bonds is 3. The maximum absolute atomic E-state index is 6.12. The molecule has 3 heteroatoms. The summed E-state index contributed by atoms with van der Waals surface area (Å²) in [5.41, 5.74) is 8.37. The first kappa shape index (κ1) is 12.5. The fourth-order valence-corrected chi connectivity index (χ4v) is 3.35. The number of fused-ring (bicyclic) bond motifs is 1. The summed E-state index contributed by atoms with van der Waals surface area (Å²) in [5.74, 6) is 0.816. The highest BCUT2D eigenvalue weighted by Gasteiger charge is 2.33. The number of nitrogens with two attached hydrogens (primary N) is 1. The van der Waals surface area contributed by atoms with Crippen molar-refractivity contribution < 1.29 is 9.15 Å². The lowest BCUT2D eigenvalue weighted by Crippen LogP contribution is -2.37. The van der Waals surface area contributed by atoms with E-state index in [-0.39, 0.29) is 5.41 Å². The summed E-state index contributed by atoms with van der Waals surface area (Å²) in [6, 6.07) is 6.33. The minimum absolute atomic E-state index is 0.122. The lowest BCUT2D eigenvalue weighted by atomic mass is 9.69. The highest BCUT2D eigenvalue weighted by atomic mass is 16.5. The molecule has 1 saturated carbocycles. The van der Waals surface area contributed by atoms with Gasteiger partial charge in [0.1, 0.15) is 0 Å². The maximum Gasteiger partial charge on any atom is 0.175 e. The summed E-state index contributed by atoms with van der Waals surface area (Å²) >= 11 is 0. The van der Waals surface area contributed by atoms with E-state index in [9.17, 15) is 0 Å². The van der Waals surface area contributed by atoms with Crippen molar-refractivity contribution in [3.63, 3.8) is 0 Å². The largest absolute Gasteiger partial charge is 0.493 e. The van der Waals surface area contributed by atoms with Crippen LogP contribution in [0, 0.1) is 0 Å². The van der Waals surface area contributed by atoms with Crippen molar-refractivity contribution >= 4 is 11.0 Å². The molecule has 102 valence electrons. The van der Waals surface area contributed by atoms with Gasteiger partial charge in [-0.05, 0) is 36.6 Å². The average Bonchev–Trinajstić information content (AvgIpc) is 2.95. The smallest absolute Gasteiger partial charge is 0.175 e. The zero-order chi connectivity index (χ0) is 13.3. The number of furan rings is 1. The molecule has 3 nitrogen and oxygen atoms in total. The van der Waals surface area contributed by atoms with Gasteiger partial charge in [-0.2, -0.15) is 0 Å². The Hall–Kier alpha value is -1.48. The molecule has 0 radical (unpaired) electrons. The van der Waals surface area contributed by atoms with Crippen molar-refractivity contribution in [1.82, 2.24) is 0 Å². The van der Waals surface area contributed by atoms with Crippen LogP contribution in [0.1, 0.15) is 37.7 Å². The summed E-state index contributed by atoms with van der Waals surface area (Å²) < 4.78 is 11.0. The Bertz CT molecular complexity index is 567. The number of hydrogen-bond acceptors (Lipinski definition) is 3. The minimum atomic E-state index is 0.122. The molecule has 0 amide bonds. The molecule has 0 saturated heterocycles. The molecule has 0 spiro atoms. The highest BCUT2D eigenvalue weighted by molar-refractivity contribution is 5.84. The van der Waals surface area contributed by atoms with Gasteiger partial charge >= 0.3 is 0 Å². The van der Waals surface area contributed by atoms with Crippen LogP contribution >= 0.6 is 0 Å². The third-order valence-corrected chi connectivity index (χ3v) is 4.55. The van der Waals surface area contributed by atoms with E-state index in [0.29, 0.717) is 6.54 Å². The number of methoxy groups -OCH3 is 1. The van der Waals surface area contributed by atoms with Gasteiger partial charge in [0.15, 0.2) is 11.3 Å². The van der Waals surface area contributed by atoms with E-state index >= 15 is 0 Å². The first-order chi connectivity index (χ1) is 9.29. The molecule has 0 unspecified atom stereocenters. The summed E-state index contributed by atoms with van der Waals surface area (Å²) in [7, 11) is 1.69. The lowest BCUT2D eigenvalue weighted by molar-refractivity contribution is 0.299. The Balaban J connectivity index is 2.12. The Morgan fingerprint density at radius 3 is 2.74 bits per heavy atom. The molecule has 19 heavy (non-hydrogen) atoms. The second kappa shape index (κ2) is 4.89. The predicted molar refractivity (Wildman–Crippen MR) is 76.6 cm³/mol. The van der Waals surface area contributed by atoms with Crippen LogP contribution in [-0.2, 0) is 5.41 Å². The van der Waals surface area contributed by atoms with Crippen molar-refractivity contribution in [3.05, 3.63) is 30.0 Å². The zero-order valence-electron chi connectivity index (χ0n) is 11.4. The highest BCUT2D eigenvalue weighted by Crippen LogP contribution is 2.42. The lowest BCUT2D eigenvalue weighted by Gasteiger charge is -2.37. The van der Waals surface area contributed by atoms with Crippen molar-refractivity contribution in [2.75, 3.05) is 13.7 Å². The summed E-state index contributed by atoms with van der Waals surface area (Å²) in [4.78, 5) is 0. The van der Waals surface area contributed by atoms with Gasteiger partial charge in [-0.1, -0.05) is 19.3 Å². The second-order valence-electron chi connectivity index (χ2n) is 5.56. The molecule has 1 heterocycles. The van der Waals surface area contributed by atoms with Crippen LogP contribution < -0.4 is 10.5 Å². The van der Waals surface area contributed by atoms with Crippen LogP contribution in [0.25, 0.3) is 11.0 Å². The van der Waals surface area contributed by atoms with Crippen molar-refractivity contribution in [2.45, 2.75) is 37.5 Å². The Morgan fingerprint density at radius 2 is 2.05 bits per heavy atom. The molecule has 1 aromatic carbocycles. The SMILES string of the molecule is COc1cc(C2(CN)CCCCC2)cc2ccoc12. The third kappa shape index (κ3) is 2.02. The molecular formula is C16H21NO2.